The van der Waals surface area contributed by atoms with Crippen molar-refractivity contribution >= 4 is 33.0 Å². The van der Waals surface area contributed by atoms with E-state index in [4.69, 9.17) is 17.3 Å². The fourth-order valence-corrected chi connectivity index (χ4v) is 3.21. The maximum Gasteiger partial charge on any atom is 0.262 e. The molecule has 0 amide bonds. The van der Waals surface area contributed by atoms with Crippen molar-refractivity contribution in [3.05, 3.63) is 53.1 Å². The number of sulfonamides is 1. The van der Waals surface area contributed by atoms with Crippen molar-refractivity contribution in [1.29, 1.82) is 0 Å². The number of nitrogens with two attached hydrogens (primary N) is 1. The second-order valence-electron chi connectivity index (χ2n) is 4.11. The molecule has 0 radical (unpaired) electrons. The summed E-state index contributed by atoms with van der Waals surface area (Å²) in [6.07, 6.45) is 0. The molecular formula is C13H13ClN2O2S. The normalized spacial score (nSPS) is 11.3. The minimum Gasteiger partial charge on any atom is -0.397 e. The van der Waals surface area contributed by atoms with Crippen LogP contribution in [-0.2, 0) is 10.0 Å². The van der Waals surface area contributed by atoms with Crippen LogP contribution in [0.1, 0.15) is 5.56 Å². The Morgan fingerprint density at radius 1 is 1.16 bits per heavy atom. The molecule has 0 heterocycles. The average molecular weight is 297 g/mol. The van der Waals surface area contributed by atoms with Gasteiger partial charge in [-0.3, -0.25) is 4.72 Å². The summed E-state index contributed by atoms with van der Waals surface area (Å²) in [5, 5.41) is 0.344. The van der Waals surface area contributed by atoms with E-state index >= 15 is 0 Å². The Bertz CT molecular complexity index is 700. The summed E-state index contributed by atoms with van der Waals surface area (Å²) in [5.74, 6) is 0. The van der Waals surface area contributed by atoms with Crippen molar-refractivity contribution < 1.29 is 8.42 Å². The third kappa shape index (κ3) is 3.00. The Hall–Kier alpha value is -1.72. The molecular weight excluding hydrogens is 284 g/mol. The molecule has 3 N–H and O–H groups in total. The van der Waals surface area contributed by atoms with E-state index in [1.54, 1.807) is 31.2 Å². The number of nitrogens with one attached hydrogen (secondary N) is 1. The van der Waals surface area contributed by atoms with Crippen LogP contribution in [0.5, 0.6) is 0 Å². The van der Waals surface area contributed by atoms with Crippen LogP contribution in [-0.4, -0.2) is 8.42 Å². The first kappa shape index (κ1) is 13.7. The molecule has 0 saturated carbocycles. The van der Waals surface area contributed by atoms with Crippen molar-refractivity contribution in [2.24, 2.45) is 0 Å². The lowest BCUT2D eigenvalue weighted by atomic mass is 10.2. The van der Waals surface area contributed by atoms with Crippen molar-refractivity contribution in [1.82, 2.24) is 0 Å². The third-order valence-corrected chi connectivity index (χ3v) is 4.46. The molecule has 0 unspecified atom stereocenters. The Labute approximate surface area is 117 Å². The number of rotatable bonds is 3. The fourth-order valence-electron chi connectivity index (χ4n) is 1.67. The highest BCUT2D eigenvalue weighted by Crippen LogP contribution is 2.27. The second-order valence-corrected chi connectivity index (χ2v) is 6.17. The number of anilines is 2. The molecule has 0 spiro atoms. The first-order valence-corrected chi connectivity index (χ1v) is 7.40. The molecule has 2 rings (SSSR count). The summed E-state index contributed by atoms with van der Waals surface area (Å²) >= 11 is 5.86. The standard InChI is InChI=1S/C13H13ClN2O2S/c1-9-7-11(14)12(15)8-13(9)19(17,18)16-10-5-3-2-4-6-10/h2-8,16H,15H2,1H3. The molecule has 0 atom stereocenters. The van der Waals surface area contributed by atoms with E-state index in [1.807, 2.05) is 6.07 Å². The van der Waals surface area contributed by atoms with Crippen LogP contribution in [0, 0.1) is 6.92 Å². The smallest absolute Gasteiger partial charge is 0.262 e. The van der Waals surface area contributed by atoms with Crippen LogP contribution >= 0.6 is 11.6 Å². The van der Waals surface area contributed by atoms with E-state index in [0.29, 0.717) is 16.3 Å². The lowest BCUT2D eigenvalue weighted by molar-refractivity contribution is 0.600. The van der Waals surface area contributed by atoms with Gasteiger partial charge >= 0.3 is 0 Å². The molecule has 6 heteroatoms. The van der Waals surface area contributed by atoms with Crippen LogP contribution in [0.25, 0.3) is 0 Å². The van der Waals surface area contributed by atoms with E-state index in [-0.39, 0.29) is 10.6 Å². The van der Waals surface area contributed by atoms with Crippen LogP contribution in [0.15, 0.2) is 47.4 Å². The Kier molecular flexibility index (Phi) is 3.68. The van der Waals surface area contributed by atoms with E-state index in [1.165, 1.54) is 12.1 Å². The summed E-state index contributed by atoms with van der Waals surface area (Å²) in [7, 11) is -3.67. The van der Waals surface area contributed by atoms with Crippen LogP contribution in [0.4, 0.5) is 11.4 Å². The van der Waals surface area contributed by atoms with Crippen LogP contribution in [0.3, 0.4) is 0 Å². The molecule has 2 aromatic carbocycles. The van der Waals surface area contributed by atoms with Crippen molar-refractivity contribution in [3.8, 4) is 0 Å². The molecule has 0 aliphatic carbocycles. The quantitative estimate of drug-likeness (QED) is 0.855. The Morgan fingerprint density at radius 3 is 2.42 bits per heavy atom. The molecule has 0 bridgehead atoms. The zero-order valence-corrected chi connectivity index (χ0v) is 11.8. The number of nitrogen functional groups attached to an aromatic ring is 1. The second kappa shape index (κ2) is 5.11. The molecule has 2 aromatic rings. The van der Waals surface area contributed by atoms with E-state index < -0.39 is 10.0 Å². The van der Waals surface area contributed by atoms with Gasteiger partial charge in [0.05, 0.1) is 15.6 Å². The number of hydrogen-bond acceptors (Lipinski definition) is 3. The van der Waals surface area contributed by atoms with Crippen molar-refractivity contribution in [2.45, 2.75) is 11.8 Å². The lowest BCUT2D eigenvalue weighted by Crippen LogP contribution is -2.14. The van der Waals surface area contributed by atoms with Crippen LogP contribution in [0.2, 0.25) is 5.02 Å². The van der Waals surface area contributed by atoms with Gasteiger partial charge in [0.2, 0.25) is 0 Å². The van der Waals surface area contributed by atoms with Gasteiger partial charge in [-0.15, -0.1) is 0 Å². The summed E-state index contributed by atoms with van der Waals surface area (Å²) in [6, 6.07) is 11.6. The van der Waals surface area contributed by atoms with Gasteiger partial charge in [0.15, 0.2) is 0 Å². The number of hydrogen-bond donors (Lipinski definition) is 2. The SMILES string of the molecule is Cc1cc(Cl)c(N)cc1S(=O)(=O)Nc1ccccc1. The van der Waals surface area contributed by atoms with Gasteiger partial charge in [-0.2, -0.15) is 0 Å². The monoisotopic (exact) mass is 296 g/mol. The van der Waals surface area contributed by atoms with E-state index in [2.05, 4.69) is 4.72 Å². The number of benzene rings is 2. The minimum atomic E-state index is -3.67. The molecule has 0 aliphatic rings. The highest BCUT2D eigenvalue weighted by Gasteiger charge is 2.18. The largest absolute Gasteiger partial charge is 0.397 e. The molecule has 0 fully saturated rings. The first-order valence-electron chi connectivity index (χ1n) is 5.53. The Morgan fingerprint density at radius 2 is 1.79 bits per heavy atom. The van der Waals surface area contributed by atoms with Gasteiger partial charge < -0.3 is 5.73 Å². The first-order chi connectivity index (χ1) is 8.90. The maximum absolute atomic E-state index is 12.3. The molecule has 4 nitrogen and oxygen atoms in total. The molecule has 0 saturated heterocycles. The lowest BCUT2D eigenvalue weighted by Gasteiger charge is -2.11. The van der Waals surface area contributed by atoms with Crippen molar-refractivity contribution in [2.75, 3.05) is 10.5 Å². The van der Waals surface area contributed by atoms with Gasteiger partial charge in [0.1, 0.15) is 0 Å². The highest BCUT2D eigenvalue weighted by molar-refractivity contribution is 7.92. The predicted molar refractivity (Wildman–Crippen MR) is 77.9 cm³/mol. The van der Waals surface area contributed by atoms with E-state index in [0.717, 1.165) is 0 Å². The summed E-state index contributed by atoms with van der Waals surface area (Å²) in [5.41, 5.74) is 6.93. The van der Waals surface area contributed by atoms with Crippen LogP contribution < -0.4 is 10.5 Å². The highest BCUT2D eigenvalue weighted by atomic mass is 35.5. The average Bonchev–Trinajstić information content (AvgIpc) is 2.34. The third-order valence-electron chi connectivity index (χ3n) is 2.61. The van der Waals surface area contributed by atoms with Gasteiger partial charge in [0, 0.05) is 5.69 Å². The Balaban J connectivity index is 2.43. The van der Waals surface area contributed by atoms with Crippen molar-refractivity contribution in [3.63, 3.8) is 0 Å². The zero-order chi connectivity index (χ0) is 14.0. The van der Waals surface area contributed by atoms with E-state index in [9.17, 15) is 8.42 Å². The molecule has 100 valence electrons. The van der Waals surface area contributed by atoms with Gasteiger partial charge in [-0.1, -0.05) is 29.8 Å². The summed E-state index contributed by atoms with van der Waals surface area (Å²) < 4.78 is 27.0. The number of para-hydroxylation sites is 1. The van der Waals surface area contributed by atoms with Gasteiger partial charge in [-0.25, -0.2) is 8.42 Å². The van der Waals surface area contributed by atoms with Gasteiger partial charge in [0.25, 0.3) is 10.0 Å². The number of halogens is 1. The van der Waals surface area contributed by atoms with Gasteiger partial charge in [-0.05, 0) is 36.8 Å². The molecule has 19 heavy (non-hydrogen) atoms. The zero-order valence-electron chi connectivity index (χ0n) is 10.2. The summed E-state index contributed by atoms with van der Waals surface area (Å²) in [4.78, 5) is 0.123. The minimum absolute atomic E-state index is 0.123. The molecule has 0 aromatic heterocycles. The topological polar surface area (TPSA) is 72.2 Å². The fraction of sp³-hybridized carbons (Fsp3) is 0.0769. The summed E-state index contributed by atoms with van der Waals surface area (Å²) in [6.45, 7) is 1.67. The molecule has 0 aliphatic heterocycles. The maximum atomic E-state index is 12.3. The predicted octanol–water partition coefficient (Wildman–Crippen LogP) is 3.03. The number of aryl methyl sites for hydroxylation is 1.